The maximum Gasteiger partial charge on any atom is 0.256 e. The second kappa shape index (κ2) is 7.44. The van der Waals surface area contributed by atoms with Gasteiger partial charge in [0.2, 0.25) is 0 Å². The van der Waals surface area contributed by atoms with Crippen molar-refractivity contribution in [3.05, 3.63) is 86.2 Å². The zero-order valence-corrected chi connectivity index (χ0v) is 16.3. The van der Waals surface area contributed by atoms with Crippen LogP contribution in [0.15, 0.2) is 48.5 Å². The Morgan fingerprint density at radius 1 is 0.962 bits per heavy atom. The van der Waals surface area contributed by atoms with Crippen LogP contribution in [-0.4, -0.2) is 11.7 Å². The van der Waals surface area contributed by atoms with Crippen molar-refractivity contribution in [3.63, 3.8) is 0 Å². The summed E-state index contributed by atoms with van der Waals surface area (Å²) in [5.74, 6) is -0.344. The summed E-state index contributed by atoms with van der Waals surface area (Å²) in [6.07, 6.45) is 0. The molecule has 1 heterocycles. The molecule has 1 aromatic heterocycles. The molecular formula is C21H18ClNO2S. The molecule has 0 aliphatic rings. The Morgan fingerprint density at radius 2 is 1.65 bits per heavy atom. The van der Waals surface area contributed by atoms with E-state index in [1.807, 2.05) is 39.0 Å². The van der Waals surface area contributed by atoms with Crippen LogP contribution in [0, 0.1) is 20.8 Å². The minimum absolute atomic E-state index is 0.122. The highest BCUT2D eigenvalue weighted by Gasteiger charge is 2.22. The number of benzene rings is 2. The molecule has 0 radical (unpaired) electrons. The highest BCUT2D eigenvalue weighted by molar-refractivity contribution is 7.17. The number of anilines is 1. The lowest BCUT2D eigenvalue weighted by molar-refractivity contribution is 0.102. The van der Waals surface area contributed by atoms with Crippen molar-refractivity contribution in [1.29, 1.82) is 0 Å². The number of nitrogens with one attached hydrogen (secondary N) is 1. The van der Waals surface area contributed by atoms with Crippen LogP contribution in [0.1, 0.15) is 42.3 Å². The van der Waals surface area contributed by atoms with E-state index in [4.69, 9.17) is 11.6 Å². The van der Waals surface area contributed by atoms with Crippen molar-refractivity contribution in [2.24, 2.45) is 0 Å². The molecule has 0 aliphatic heterocycles. The lowest BCUT2D eigenvalue weighted by Crippen LogP contribution is -2.14. The summed E-state index contributed by atoms with van der Waals surface area (Å²) >= 11 is 7.33. The Morgan fingerprint density at radius 3 is 2.31 bits per heavy atom. The van der Waals surface area contributed by atoms with E-state index < -0.39 is 0 Å². The Bertz CT molecular complexity index is 990. The Kier molecular flexibility index (Phi) is 5.25. The van der Waals surface area contributed by atoms with Gasteiger partial charge in [0.05, 0.1) is 5.56 Å². The molecule has 0 aliphatic carbocycles. The third-order valence-corrected chi connectivity index (χ3v) is 5.60. The monoisotopic (exact) mass is 383 g/mol. The Labute approximate surface area is 161 Å². The summed E-state index contributed by atoms with van der Waals surface area (Å²) < 4.78 is 0. The van der Waals surface area contributed by atoms with E-state index in [-0.39, 0.29) is 11.7 Å². The Balaban J connectivity index is 1.96. The van der Waals surface area contributed by atoms with Gasteiger partial charge in [0.25, 0.3) is 5.91 Å². The quantitative estimate of drug-likeness (QED) is 0.578. The number of carbonyl (C=O) groups is 2. The van der Waals surface area contributed by atoms with Crippen LogP contribution in [0.25, 0.3) is 0 Å². The first-order valence-electron chi connectivity index (χ1n) is 8.15. The molecule has 26 heavy (non-hydrogen) atoms. The average molecular weight is 384 g/mol. The topological polar surface area (TPSA) is 46.2 Å². The fourth-order valence-corrected chi connectivity index (χ4v) is 3.87. The van der Waals surface area contributed by atoms with Crippen molar-refractivity contribution in [3.8, 4) is 0 Å². The highest BCUT2D eigenvalue weighted by Crippen LogP contribution is 2.34. The number of aryl methyl sites for hydroxylation is 2. The predicted octanol–water partition coefficient (Wildman–Crippen LogP) is 5.81. The molecule has 1 amide bonds. The largest absolute Gasteiger partial charge is 0.313 e. The second-order valence-electron chi connectivity index (χ2n) is 6.15. The molecular weight excluding hydrogens is 366 g/mol. The summed E-state index contributed by atoms with van der Waals surface area (Å²) in [7, 11) is 0. The van der Waals surface area contributed by atoms with Crippen LogP contribution in [-0.2, 0) is 0 Å². The molecule has 3 rings (SSSR count). The van der Waals surface area contributed by atoms with Crippen molar-refractivity contribution in [2.45, 2.75) is 20.8 Å². The van der Waals surface area contributed by atoms with Crippen LogP contribution in [0.3, 0.4) is 0 Å². The number of amides is 1. The van der Waals surface area contributed by atoms with Crippen LogP contribution < -0.4 is 5.32 Å². The minimum atomic E-state index is -0.222. The third kappa shape index (κ3) is 3.71. The van der Waals surface area contributed by atoms with Crippen molar-refractivity contribution >= 4 is 39.6 Å². The van der Waals surface area contributed by atoms with Gasteiger partial charge in [0.15, 0.2) is 5.78 Å². The SMILES string of the molecule is Cc1cccc(C(=O)Nc2sc(C)c(C)c2C(=O)c2ccc(Cl)cc2)c1. The van der Waals surface area contributed by atoms with E-state index in [2.05, 4.69) is 5.32 Å². The molecule has 3 aromatic rings. The maximum atomic E-state index is 13.0. The van der Waals surface area contributed by atoms with Crippen molar-refractivity contribution < 1.29 is 9.59 Å². The molecule has 0 fully saturated rings. The summed E-state index contributed by atoms with van der Waals surface area (Å²) in [4.78, 5) is 26.6. The van der Waals surface area contributed by atoms with Crippen molar-refractivity contribution in [2.75, 3.05) is 5.32 Å². The second-order valence-corrected chi connectivity index (χ2v) is 7.81. The first-order valence-corrected chi connectivity index (χ1v) is 9.34. The Hall–Kier alpha value is -2.43. The van der Waals surface area contributed by atoms with Crippen LogP contribution >= 0.6 is 22.9 Å². The molecule has 0 atom stereocenters. The van der Waals surface area contributed by atoms with Crippen molar-refractivity contribution in [1.82, 2.24) is 0 Å². The fourth-order valence-electron chi connectivity index (χ4n) is 2.70. The molecule has 132 valence electrons. The number of hydrogen-bond acceptors (Lipinski definition) is 3. The first kappa shape index (κ1) is 18.4. The molecule has 0 saturated carbocycles. The van der Waals surface area contributed by atoms with E-state index in [9.17, 15) is 9.59 Å². The standard InChI is InChI=1S/C21H18ClNO2S/c1-12-5-4-6-16(11-12)20(25)23-21-18(13(2)14(3)26-21)19(24)15-7-9-17(22)10-8-15/h4-11H,1-3H3,(H,23,25). The number of carbonyl (C=O) groups excluding carboxylic acids is 2. The fraction of sp³-hybridized carbons (Fsp3) is 0.143. The van der Waals surface area contributed by atoms with Gasteiger partial charge in [-0.15, -0.1) is 11.3 Å². The summed E-state index contributed by atoms with van der Waals surface area (Å²) in [5, 5.41) is 4.06. The van der Waals surface area contributed by atoms with Gasteiger partial charge in [-0.1, -0.05) is 29.3 Å². The van der Waals surface area contributed by atoms with E-state index in [1.54, 1.807) is 30.3 Å². The number of hydrogen-bond donors (Lipinski definition) is 1. The van der Waals surface area contributed by atoms with Gasteiger partial charge in [-0.05, 0) is 62.7 Å². The normalized spacial score (nSPS) is 10.6. The molecule has 2 aromatic carbocycles. The number of ketones is 1. The molecule has 0 spiro atoms. The van der Waals surface area contributed by atoms with E-state index in [0.29, 0.717) is 26.7 Å². The average Bonchev–Trinajstić information content (AvgIpc) is 2.89. The molecule has 0 bridgehead atoms. The smallest absolute Gasteiger partial charge is 0.256 e. The number of halogens is 1. The molecule has 5 heteroatoms. The first-order chi connectivity index (χ1) is 12.4. The summed E-state index contributed by atoms with van der Waals surface area (Å²) in [5.41, 5.74) is 3.54. The summed E-state index contributed by atoms with van der Waals surface area (Å²) in [6, 6.07) is 14.1. The van der Waals surface area contributed by atoms with Gasteiger partial charge in [-0.2, -0.15) is 0 Å². The van der Waals surface area contributed by atoms with Gasteiger partial charge in [0.1, 0.15) is 5.00 Å². The van der Waals surface area contributed by atoms with Gasteiger partial charge in [-0.25, -0.2) is 0 Å². The van der Waals surface area contributed by atoms with Crippen LogP contribution in [0.5, 0.6) is 0 Å². The lowest BCUT2D eigenvalue weighted by Gasteiger charge is -2.08. The zero-order valence-electron chi connectivity index (χ0n) is 14.7. The molecule has 3 nitrogen and oxygen atoms in total. The van der Waals surface area contributed by atoms with Gasteiger partial charge in [0, 0.05) is 21.0 Å². The van der Waals surface area contributed by atoms with Gasteiger partial charge >= 0.3 is 0 Å². The van der Waals surface area contributed by atoms with E-state index in [0.717, 1.165) is 16.0 Å². The molecule has 1 N–H and O–H groups in total. The number of rotatable bonds is 4. The summed E-state index contributed by atoms with van der Waals surface area (Å²) in [6.45, 7) is 5.78. The van der Waals surface area contributed by atoms with Crippen LogP contribution in [0.2, 0.25) is 5.02 Å². The van der Waals surface area contributed by atoms with E-state index in [1.165, 1.54) is 11.3 Å². The zero-order chi connectivity index (χ0) is 18.8. The minimum Gasteiger partial charge on any atom is -0.313 e. The highest BCUT2D eigenvalue weighted by atomic mass is 35.5. The lowest BCUT2D eigenvalue weighted by atomic mass is 10.0. The molecule has 0 saturated heterocycles. The number of thiophene rings is 1. The van der Waals surface area contributed by atoms with E-state index >= 15 is 0 Å². The van der Waals surface area contributed by atoms with Gasteiger partial charge in [-0.3, -0.25) is 9.59 Å². The van der Waals surface area contributed by atoms with Gasteiger partial charge < -0.3 is 5.32 Å². The molecule has 0 unspecified atom stereocenters. The predicted molar refractivity (Wildman–Crippen MR) is 108 cm³/mol. The third-order valence-electron chi connectivity index (χ3n) is 4.23. The maximum absolute atomic E-state index is 13.0. The van der Waals surface area contributed by atoms with Crippen LogP contribution in [0.4, 0.5) is 5.00 Å².